The molecule has 1 amide bonds. The maximum absolute atomic E-state index is 12.7. The van der Waals surface area contributed by atoms with Crippen LogP contribution in [0.2, 0.25) is 0 Å². The minimum atomic E-state index is -0.177. The Labute approximate surface area is 176 Å². The molecule has 0 bridgehead atoms. The van der Waals surface area contributed by atoms with E-state index in [1.165, 1.54) is 19.0 Å². The van der Waals surface area contributed by atoms with E-state index in [2.05, 4.69) is 30.2 Å². The van der Waals surface area contributed by atoms with E-state index in [1.807, 2.05) is 19.2 Å². The zero-order chi connectivity index (χ0) is 20.5. The van der Waals surface area contributed by atoms with E-state index in [9.17, 15) is 4.79 Å². The fourth-order valence-corrected chi connectivity index (χ4v) is 4.70. The largest absolute Gasteiger partial charge is 0.376 e. The van der Waals surface area contributed by atoms with E-state index in [-0.39, 0.29) is 18.1 Å². The van der Waals surface area contributed by atoms with Crippen molar-refractivity contribution < 1.29 is 9.53 Å². The zero-order valence-electron chi connectivity index (χ0n) is 17.3. The number of nitrogens with zero attached hydrogens (tertiary/aromatic N) is 5. The number of aryl methyl sites for hydroxylation is 1. The van der Waals surface area contributed by atoms with Gasteiger partial charge in [0.1, 0.15) is 5.69 Å². The second-order valence-corrected chi connectivity index (χ2v) is 8.88. The average molecular weight is 409 g/mol. The molecule has 8 nitrogen and oxygen atoms in total. The lowest BCUT2D eigenvalue weighted by molar-refractivity contribution is -0.0212. The van der Waals surface area contributed by atoms with Crippen LogP contribution in [0.1, 0.15) is 41.9 Å². The van der Waals surface area contributed by atoms with Crippen LogP contribution in [0.4, 0.5) is 5.95 Å². The first-order valence-electron chi connectivity index (χ1n) is 10.9. The van der Waals surface area contributed by atoms with Gasteiger partial charge >= 0.3 is 0 Å². The van der Waals surface area contributed by atoms with Gasteiger partial charge in [-0.1, -0.05) is 0 Å². The number of ether oxygens (including phenoxy) is 1. The maximum Gasteiger partial charge on any atom is 0.271 e. The maximum atomic E-state index is 12.7. The second-order valence-electron chi connectivity index (χ2n) is 8.88. The van der Waals surface area contributed by atoms with Crippen LogP contribution < -0.4 is 10.2 Å². The molecule has 2 aromatic rings. The topological polar surface area (TPSA) is 93.1 Å². The van der Waals surface area contributed by atoms with Crippen LogP contribution in [0.3, 0.4) is 0 Å². The molecule has 3 heterocycles. The van der Waals surface area contributed by atoms with Crippen molar-refractivity contribution in [3.8, 4) is 0 Å². The second kappa shape index (κ2) is 8.26. The van der Waals surface area contributed by atoms with Crippen LogP contribution in [-0.2, 0) is 4.74 Å². The Morgan fingerprint density at radius 3 is 2.73 bits per heavy atom. The molecule has 2 saturated carbocycles. The molecule has 0 spiro atoms. The van der Waals surface area contributed by atoms with Gasteiger partial charge in [-0.05, 0) is 56.4 Å². The number of nitrogens with one attached hydrogen (secondary N) is 1. The Morgan fingerprint density at radius 2 is 2.00 bits per heavy atom. The number of anilines is 1. The number of aromatic nitrogens is 4. The molecule has 2 aliphatic carbocycles. The minimum Gasteiger partial charge on any atom is -0.376 e. The Hall–Kier alpha value is -2.61. The third-order valence-corrected chi connectivity index (χ3v) is 6.54. The van der Waals surface area contributed by atoms with Gasteiger partial charge in [0.25, 0.3) is 5.91 Å². The molecule has 1 N–H and O–H groups in total. The van der Waals surface area contributed by atoms with Gasteiger partial charge < -0.3 is 15.0 Å². The van der Waals surface area contributed by atoms with Gasteiger partial charge in [-0.15, -0.1) is 0 Å². The Balaban J connectivity index is 1.29. The van der Waals surface area contributed by atoms with Gasteiger partial charge in [-0.3, -0.25) is 9.78 Å². The van der Waals surface area contributed by atoms with Gasteiger partial charge in [0, 0.05) is 44.0 Å². The number of rotatable bonds is 6. The fourth-order valence-electron chi connectivity index (χ4n) is 4.70. The van der Waals surface area contributed by atoms with Gasteiger partial charge in [-0.2, -0.15) is 0 Å². The van der Waals surface area contributed by atoms with E-state index < -0.39 is 0 Å². The molecule has 0 aromatic carbocycles. The van der Waals surface area contributed by atoms with Crippen LogP contribution >= 0.6 is 0 Å². The summed E-state index contributed by atoms with van der Waals surface area (Å²) in [6, 6.07) is 1.91. The summed E-state index contributed by atoms with van der Waals surface area (Å²) in [7, 11) is 0. The summed E-state index contributed by atoms with van der Waals surface area (Å²) < 4.78 is 6.32. The average Bonchev–Trinajstić information content (AvgIpc) is 3.50. The fraction of sp³-hybridized carbons (Fsp3) is 0.591. The van der Waals surface area contributed by atoms with E-state index in [1.54, 1.807) is 12.4 Å². The summed E-state index contributed by atoms with van der Waals surface area (Å²) in [6.45, 7) is 4.65. The molecule has 0 unspecified atom stereocenters. The number of amides is 1. The quantitative estimate of drug-likeness (QED) is 0.781. The van der Waals surface area contributed by atoms with Gasteiger partial charge in [0.15, 0.2) is 0 Å². The SMILES string of the molecule is Cc1ccnc(N2C[C@H]3C[C@H](OCC4CC4)[C@@H](NC(=O)c4cnccn4)C[C@H]3C2)n1. The summed E-state index contributed by atoms with van der Waals surface area (Å²) in [6.07, 6.45) is 10.8. The number of fused-ring (bicyclic) bond motifs is 1. The predicted molar refractivity (Wildman–Crippen MR) is 111 cm³/mol. The number of hydrogen-bond acceptors (Lipinski definition) is 7. The number of hydrogen-bond donors (Lipinski definition) is 1. The van der Waals surface area contributed by atoms with Crippen LogP contribution in [0.5, 0.6) is 0 Å². The molecule has 4 atom stereocenters. The van der Waals surface area contributed by atoms with Crippen molar-refractivity contribution in [1.29, 1.82) is 0 Å². The zero-order valence-corrected chi connectivity index (χ0v) is 17.3. The van der Waals surface area contributed by atoms with E-state index >= 15 is 0 Å². The molecule has 8 heteroatoms. The Bertz CT molecular complexity index is 890. The third kappa shape index (κ3) is 4.28. The van der Waals surface area contributed by atoms with Crippen molar-refractivity contribution in [3.05, 3.63) is 42.2 Å². The summed E-state index contributed by atoms with van der Waals surface area (Å²) in [5.41, 5.74) is 1.33. The molecule has 1 saturated heterocycles. The molecule has 2 aromatic heterocycles. The van der Waals surface area contributed by atoms with Crippen molar-refractivity contribution in [3.63, 3.8) is 0 Å². The summed E-state index contributed by atoms with van der Waals surface area (Å²) in [5, 5.41) is 3.19. The molecule has 3 aliphatic rings. The molecule has 1 aliphatic heterocycles. The monoisotopic (exact) mass is 408 g/mol. The van der Waals surface area contributed by atoms with Crippen molar-refractivity contribution in [2.24, 2.45) is 17.8 Å². The third-order valence-electron chi connectivity index (χ3n) is 6.54. The molecule has 0 radical (unpaired) electrons. The predicted octanol–water partition coefficient (Wildman–Crippen LogP) is 2.02. The van der Waals surface area contributed by atoms with Crippen LogP contribution in [0.25, 0.3) is 0 Å². The lowest BCUT2D eigenvalue weighted by atomic mass is 9.77. The molecule has 30 heavy (non-hydrogen) atoms. The van der Waals surface area contributed by atoms with Crippen molar-refractivity contribution in [2.75, 3.05) is 24.6 Å². The molecule has 5 rings (SSSR count). The molecule has 3 fully saturated rings. The molecule has 158 valence electrons. The molecular formula is C22H28N6O2. The van der Waals surface area contributed by atoms with Gasteiger partial charge in [-0.25, -0.2) is 15.0 Å². The highest BCUT2D eigenvalue weighted by atomic mass is 16.5. The van der Waals surface area contributed by atoms with Crippen molar-refractivity contribution in [1.82, 2.24) is 25.3 Å². The normalized spacial score (nSPS) is 28.2. The first-order chi connectivity index (χ1) is 14.7. The summed E-state index contributed by atoms with van der Waals surface area (Å²) >= 11 is 0. The van der Waals surface area contributed by atoms with E-state index in [0.717, 1.165) is 44.2 Å². The molecular weight excluding hydrogens is 380 g/mol. The van der Waals surface area contributed by atoms with Crippen molar-refractivity contribution in [2.45, 2.75) is 44.8 Å². The highest BCUT2D eigenvalue weighted by Crippen LogP contribution is 2.39. The lowest BCUT2D eigenvalue weighted by Crippen LogP contribution is -2.50. The van der Waals surface area contributed by atoms with Crippen LogP contribution in [0, 0.1) is 24.7 Å². The Morgan fingerprint density at radius 1 is 1.17 bits per heavy atom. The van der Waals surface area contributed by atoms with Gasteiger partial charge in [0.2, 0.25) is 5.95 Å². The number of carbonyl (C=O) groups excluding carboxylic acids is 1. The van der Waals surface area contributed by atoms with Crippen LogP contribution in [0.15, 0.2) is 30.9 Å². The van der Waals surface area contributed by atoms with Gasteiger partial charge in [0.05, 0.1) is 18.3 Å². The summed E-state index contributed by atoms with van der Waals surface area (Å²) in [5.74, 6) is 2.34. The van der Waals surface area contributed by atoms with Crippen LogP contribution in [-0.4, -0.2) is 57.7 Å². The number of carbonyl (C=O) groups is 1. The minimum absolute atomic E-state index is 0.0158. The smallest absolute Gasteiger partial charge is 0.271 e. The summed E-state index contributed by atoms with van der Waals surface area (Å²) in [4.78, 5) is 32.2. The van der Waals surface area contributed by atoms with E-state index in [0.29, 0.717) is 23.4 Å². The standard InChI is InChI=1S/C22H28N6O2/c1-14-4-5-25-22(26-14)28-11-16-8-18(27-21(29)19-10-23-6-7-24-19)20(9-17(16)12-28)30-13-15-2-3-15/h4-7,10,15-18,20H,2-3,8-9,11-13H2,1H3,(H,27,29)/t16-,17+,18-,20-/m0/s1. The Kier molecular flexibility index (Phi) is 5.33. The first-order valence-corrected chi connectivity index (χ1v) is 10.9. The highest BCUT2D eigenvalue weighted by Gasteiger charge is 2.44. The lowest BCUT2D eigenvalue weighted by Gasteiger charge is -2.38. The van der Waals surface area contributed by atoms with E-state index in [4.69, 9.17) is 4.74 Å². The van der Waals surface area contributed by atoms with Crippen molar-refractivity contribution >= 4 is 11.9 Å². The first kappa shape index (κ1) is 19.4. The highest BCUT2D eigenvalue weighted by molar-refractivity contribution is 5.92.